The van der Waals surface area contributed by atoms with Gasteiger partial charge in [0.2, 0.25) is 0 Å². The summed E-state index contributed by atoms with van der Waals surface area (Å²) >= 11 is 0. The van der Waals surface area contributed by atoms with Crippen LogP contribution in [0.5, 0.6) is 0 Å². The van der Waals surface area contributed by atoms with Gasteiger partial charge in [-0.05, 0) is 38.6 Å². The van der Waals surface area contributed by atoms with Gasteiger partial charge in [-0.3, -0.25) is 0 Å². The zero-order chi connectivity index (χ0) is 9.03. The molecule has 1 fully saturated rings. The van der Waals surface area contributed by atoms with Crippen molar-refractivity contribution in [3.8, 4) is 0 Å². The van der Waals surface area contributed by atoms with Gasteiger partial charge in [0.25, 0.3) is 7.41 Å². The molecule has 0 radical (unpaired) electrons. The molecular weight excluding hydrogens is 153 g/mol. The normalized spacial score (nSPS) is 36.0. The molecule has 12 heavy (non-hydrogen) atoms. The van der Waals surface area contributed by atoms with Crippen molar-refractivity contribution in [2.45, 2.75) is 44.2 Å². The highest BCUT2D eigenvalue weighted by atomic mass is 16.3. The first-order valence-electron chi connectivity index (χ1n) is 4.53. The molecule has 0 aromatic heterocycles. The number of carbonyl (C=O) groups excluding carboxylic acids is 1. The Morgan fingerprint density at radius 3 is 2.67 bits per heavy atom. The molecule has 0 bridgehead atoms. The zero-order valence-electron chi connectivity index (χ0n) is 7.55. The number of hydrogen-bond acceptors (Lipinski definition) is 3. The summed E-state index contributed by atoms with van der Waals surface area (Å²) in [5.41, 5.74) is -0.473. The molecule has 0 aromatic carbocycles. The Bertz CT molecular complexity index is 151. The summed E-state index contributed by atoms with van der Waals surface area (Å²) < 4.78 is 0. The molecule has 0 heterocycles. The molecule has 0 unspecified atom stereocenters. The van der Waals surface area contributed by atoms with Gasteiger partial charge in [-0.25, -0.2) is 0 Å². The predicted molar refractivity (Wildman–Crippen MR) is 49.9 cm³/mol. The van der Waals surface area contributed by atoms with Crippen molar-refractivity contribution < 1.29 is 9.90 Å². The van der Waals surface area contributed by atoms with Gasteiger partial charge < -0.3 is 15.1 Å². The van der Waals surface area contributed by atoms with E-state index < -0.39 is 5.60 Å². The van der Waals surface area contributed by atoms with Crippen LogP contribution in [-0.2, 0) is 4.79 Å². The summed E-state index contributed by atoms with van der Waals surface area (Å²) in [6.07, 6.45) is 4.50. The van der Waals surface area contributed by atoms with E-state index in [1.54, 1.807) is 0 Å². The van der Waals surface area contributed by atoms with Crippen LogP contribution in [0.15, 0.2) is 0 Å². The molecule has 1 rings (SSSR count). The first-order valence-corrected chi connectivity index (χ1v) is 4.53. The first kappa shape index (κ1) is 9.74. The molecule has 0 aromatic rings. The van der Waals surface area contributed by atoms with Crippen LogP contribution in [-0.4, -0.2) is 30.3 Å². The van der Waals surface area contributed by atoms with E-state index in [9.17, 15) is 9.90 Å². The Hall–Kier alpha value is -0.345. The lowest BCUT2D eigenvalue weighted by Gasteiger charge is -2.33. The minimum atomic E-state index is -0.473. The molecule has 0 spiro atoms. The van der Waals surface area contributed by atoms with Crippen molar-refractivity contribution in [3.05, 3.63) is 0 Å². The lowest BCUT2D eigenvalue weighted by molar-refractivity contribution is 0.0163. The van der Waals surface area contributed by atoms with E-state index in [0.29, 0.717) is 13.5 Å². The molecule has 3 nitrogen and oxygen atoms in total. The quantitative estimate of drug-likeness (QED) is 0.454. The minimum absolute atomic E-state index is 0.426. The molecule has 2 N–H and O–H groups in total. The largest absolute Gasteiger partial charge is 0.390 e. The minimum Gasteiger partial charge on any atom is -0.390 e. The van der Waals surface area contributed by atoms with Crippen molar-refractivity contribution in [2.24, 2.45) is 0 Å². The number of nitrogens with one attached hydrogen (secondary N) is 1. The lowest BCUT2D eigenvalue weighted by Crippen LogP contribution is -2.41. The van der Waals surface area contributed by atoms with Gasteiger partial charge in [-0.1, -0.05) is 0 Å². The highest BCUT2D eigenvalue weighted by Gasteiger charge is 2.27. The average molecular weight is 169 g/mol. The highest BCUT2D eigenvalue weighted by Crippen LogP contribution is 2.27. The van der Waals surface area contributed by atoms with Crippen molar-refractivity contribution in [1.82, 2.24) is 5.23 Å². The van der Waals surface area contributed by atoms with E-state index in [0.717, 1.165) is 31.9 Å². The van der Waals surface area contributed by atoms with Gasteiger partial charge in [0.05, 0.1) is 11.8 Å². The Labute approximate surface area is 73.8 Å². The third-order valence-corrected chi connectivity index (χ3v) is 2.55. The molecule has 68 valence electrons. The number of aliphatic hydroxyl groups is 1. The Morgan fingerprint density at radius 2 is 2.17 bits per heavy atom. The van der Waals surface area contributed by atoms with Gasteiger partial charge in [0.15, 0.2) is 0 Å². The van der Waals surface area contributed by atoms with Crippen LogP contribution in [0, 0.1) is 0 Å². The van der Waals surface area contributed by atoms with Crippen LogP contribution < -0.4 is 5.23 Å². The summed E-state index contributed by atoms with van der Waals surface area (Å²) in [5, 5.41) is 12.8. The summed E-state index contributed by atoms with van der Waals surface area (Å²) in [5.74, 6) is 0. The summed E-state index contributed by atoms with van der Waals surface area (Å²) in [4.78, 5) is 10.1. The molecule has 0 saturated heterocycles. The summed E-state index contributed by atoms with van der Waals surface area (Å²) in [6.45, 7) is 1.88. The fraction of sp³-hybridized carbons (Fsp3) is 0.875. The fourth-order valence-corrected chi connectivity index (χ4v) is 1.66. The highest BCUT2D eigenvalue weighted by molar-refractivity contribution is 6.64. The number of carbonyl (C=O) groups is 1. The van der Waals surface area contributed by atoms with E-state index >= 15 is 0 Å². The van der Waals surface area contributed by atoms with Crippen LogP contribution in [0.25, 0.3) is 0 Å². The van der Waals surface area contributed by atoms with Gasteiger partial charge in [-0.15, -0.1) is 0 Å². The maximum absolute atomic E-state index is 10.1. The van der Waals surface area contributed by atoms with Gasteiger partial charge in [0.1, 0.15) is 0 Å². The number of hydrogen-bond donors (Lipinski definition) is 2. The SMILES string of the molecule is C[C@]1(O)CC[C@@H](NBC=O)CC1. The molecular formula is C8H16BNO2. The fourth-order valence-electron chi connectivity index (χ4n) is 1.66. The predicted octanol–water partition coefficient (Wildman–Crippen LogP) is -0.189. The molecule has 4 heteroatoms. The van der Waals surface area contributed by atoms with Crippen LogP contribution in [0.3, 0.4) is 0 Å². The smallest absolute Gasteiger partial charge is 0.278 e. The van der Waals surface area contributed by atoms with Crippen molar-refractivity contribution in [3.63, 3.8) is 0 Å². The summed E-state index contributed by atoms with van der Waals surface area (Å²) in [6, 6.07) is 0.426. The van der Waals surface area contributed by atoms with Crippen LogP contribution in [0.1, 0.15) is 32.6 Å². The first-order chi connectivity index (χ1) is 5.64. The number of rotatable bonds is 3. The van der Waals surface area contributed by atoms with Crippen molar-refractivity contribution >= 4 is 13.6 Å². The average Bonchev–Trinajstić information content (AvgIpc) is 2.03. The van der Waals surface area contributed by atoms with Gasteiger partial charge in [-0.2, -0.15) is 0 Å². The second-order valence-electron chi connectivity index (χ2n) is 3.85. The topological polar surface area (TPSA) is 49.3 Å². The Kier molecular flexibility index (Phi) is 3.29. The molecule has 0 atom stereocenters. The van der Waals surface area contributed by atoms with Gasteiger partial charge >= 0.3 is 0 Å². The van der Waals surface area contributed by atoms with Crippen LogP contribution in [0.2, 0.25) is 0 Å². The van der Waals surface area contributed by atoms with Gasteiger partial charge in [0, 0.05) is 0 Å². The van der Waals surface area contributed by atoms with Crippen LogP contribution in [0.4, 0.5) is 0 Å². The standard InChI is InChI=1S/C8H16BNO2/c1-8(12)4-2-7(3-5-8)10-9-6-11/h6-7,9-10,12H,2-5H2,1H3/t7-,8+. The van der Waals surface area contributed by atoms with Crippen molar-refractivity contribution in [2.75, 3.05) is 0 Å². The van der Waals surface area contributed by atoms with E-state index in [-0.39, 0.29) is 0 Å². The third kappa shape index (κ3) is 2.95. The molecule has 1 aliphatic rings. The molecule has 1 saturated carbocycles. The zero-order valence-corrected chi connectivity index (χ0v) is 7.55. The molecule has 0 aliphatic heterocycles. The van der Waals surface area contributed by atoms with E-state index in [1.165, 1.54) is 0 Å². The van der Waals surface area contributed by atoms with E-state index in [4.69, 9.17) is 0 Å². The monoisotopic (exact) mass is 169 g/mol. The second kappa shape index (κ2) is 4.05. The lowest BCUT2D eigenvalue weighted by atomic mass is 9.81. The Morgan fingerprint density at radius 1 is 1.58 bits per heavy atom. The molecule has 1 aliphatic carbocycles. The molecule has 0 amide bonds. The second-order valence-corrected chi connectivity index (χ2v) is 3.85. The maximum atomic E-state index is 10.1. The van der Waals surface area contributed by atoms with E-state index in [1.807, 2.05) is 6.92 Å². The van der Waals surface area contributed by atoms with Crippen LogP contribution >= 0.6 is 0 Å². The van der Waals surface area contributed by atoms with Crippen molar-refractivity contribution in [1.29, 1.82) is 0 Å². The maximum Gasteiger partial charge on any atom is 0.278 e. The third-order valence-electron chi connectivity index (χ3n) is 2.55. The van der Waals surface area contributed by atoms with E-state index in [2.05, 4.69) is 5.23 Å². The Balaban J connectivity index is 2.22. The summed E-state index contributed by atoms with van der Waals surface area (Å²) in [7, 11) is 0.437.